The fraction of sp³-hybridized carbons (Fsp3) is 0.467. The van der Waals surface area contributed by atoms with Gasteiger partial charge in [0.05, 0.1) is 11.3 Å². The molecule has 0 radical (unpaired) electrons. The van der Waals surface area contributed by atoms with E-state index in [1.165, 1.54) is 0 Å². The number of rotatable bonds is 4. The lowest BCUT2D eigenvalue weighted by Gasteiger charge is -2.18. The molecule has 1 unspecified atom stereocenters. The first kappa shape index (κ1) is 15.9. The molecule has 7 nitrogen and oxygen atoms in total. The lowest BCUT2D eigenvalue weighted by atomic mass is 10.1. The third-order valence-corrected chi connectivity index (χ3v) is 3.68. The highest BCUT2D eigenvalue weighted by atomic mass is 16.3. The number of phenols is 1. The molecule has 0 aromatic heterocycles. The van der Waals surface area contributed by atoms with Crippen molar-refractivity contribution in [2.45, 2.75) is 19.4 Å². The molecular formula is C15H22N4O3. The second-order valence-corrected chi connectivity index (χ2v) is 5.19. The number of likely N-dealkylation sites (tertiary alicyclic amines) is 1. The highest BCUT2D eigenvalue weighted by molar-refractivity contribution is 5.98. The number of nitrogens with one attached hydrogen (secondary N) is 3. The molecule has 1 saturated heterocycles. The molecule has 1 aliphatic heterocycles. The molecule has 1 aromatic rings. The SMILES string of the molecule is CCNC(=O)NC1CCN(C(=O)c2cccc(NC)c2O)C1. The van der Waals surface area contributed by atoms with E-state index >= 15 is 0 Å². The molecular weight excluding hydrogens is 284 g/mol. The number of amides is 3. The van der Waals surface area contributed by atoms with Gasteiger partial charge in [0.2, 0.25) is 0 Å². The topological polar surface area (TPSA) is 93.7 Å². The summed E-state index contributed by atoms with van der Waals surface area (Å²) in [6.07, 6.45) is 0.704. The van der Waals surface area contributed by atoms with Crippen molar-refractivity contribution in [2.75, 3.05) is 32.0 Å². The summed E-state index contributed by atoms with van der Waals surface area (Å²) in [5.74, 6) is -0.273. The van der Waals surface area contributed by atoms with Crippen LogP contribution in [0.3, 0.4) is 0 Å². The Labute approximate surface area is 129 Å². The molecule has 1 heterocycles. The second kappa shape index (κ2) is 7.02. The van der Waals surface area contributed by atoms with Crippen molar-refractivity contribution in [3.05, 3.63) is 23.8 Å². The summed E-state index contributed by atoms with van der Waals surface area (Å²) >= 11 is 0. The Hall–Kier alpha value is -2.44. The standard InChI is InChI=1S/C15H22N4O3/c1-3-17-15(22)18-10-7-8-19(9-10)14(21)11-5-4-6-12(16-2)13(11)20/h4-6,10,16,20H,3,7-9H2,1-2H3,(H2,17,18,22). The summed E-state index contributed by atoms with van der Waals surface area (Å²) in [6.45, 7) is 3.41. The number of phenolic OH excluding ortho intramolecular Hbond substituents is 1. The maximum atomic E-state index is 12.5. The molecule has 1 fully saturated rings. The molecule has 0 saturated carbocycles. The minimum absolute atomic E-state index is 0.0462. The van der Waals surface area contributed by atoms with Crippen LogP contribution >= 0.6 is 0 Å². The third-order valence-electron chi connectivity index (χ3n) is 3.68. The Kier molecular flexibility index (Phi) is 5.08. The van der Waals surface area contributed by atoms with Crippen molar-refractivity contribution in [3.8, 4) is 5.75 Å². The molecule has 4 N–H and O–H groups in total. The summed E-state index contributed by atoms with van der Waals surface area (Å²) in [6, 6.07) is 4.74. The molecule has 22 heavy (non-hydrogen) atoms. The number of urea groups is 1. The van der Waals surface area contributed by atoms with Gasteiger partial charge in [-0.3, -0.25) is 4.79 Å². The van der Waals surface area contributed by atoms with Gasteiger partial charge in [0, 0.05) is 32.7 Å². The van der Waals surface area contributed by atoms with Crippen molar-refractivity contribution in [2.24, 2.45) is 0 Å². The summed E-state index contributed by atoms with van der Waals surface area (Å²) in [7, 11) is 1.69. The molecule has 120 valence electrons. The van der Waals surface area contributed by atoms with E-state index in [2.05, 4.69) is 16.0 Å². The zero-order valence-electron chi connectivity index (χ0n) is 12.8. The van der Waals surface area contributed by atoms with Gasteiger partial charge in [-0.05, 0) is 25.5 Å². The predicted molar refractivity (Wildman–Crippen MR) is 84.2 cm³/mol. The highest BCUT2D eigenvalue weighted by Gasteiger charge is 2.29. The van der Waals surface area contributed by atoms with Gasteiger partial charge in [-0.1, -0.05) is 6.07 Å². The lowest BCUT2D eigenvalue weighted by Crippen LogP contribution is -2.43. The smallest absolute Gasteiger partial charge is 0.315 e. The molecule has 1 atom stereocenters. The van der Waals surface area contributed by atoms with Gasteiger partial charge in [-0.25, -0.2) is 4.79 Å². The molecule has 1 aromatic carbocycles. The molecule has 0 bridgehead atoms. The van der Waals surface area contributed by atoms with Crippen molar-refractivity contribution < 1.29 is 14.7 Å². The lowest BCUT2D eigenvalue weighted by molar-refractivity contribution is 0.0786. The number of carbonyl (C=O) groups is 2. The third kappa shape index (κ3) is 3.41. The van der Waals surface area contributed by atoms with E-state index in [0.717, 1.165) is 0 Å². The van der Waals surface area contributed by atoms with E-state index in [1.54, 1.807) is 30.1 Å². The first-order chi connectivity index (χ1) is 10.6. The van der Waals surface area contributed by atoms with E-state index in [1.807, 2.05) is 6.92 Å². The van der Waals surface area contributed by atoms with Gasteiger partial charge >= 0.3 is 6.03 Å². The number of para-hydroxylation sites is 1. The van der Waals surface area contributed by atoms with Crippen LogP contribution in [0.15, 0.2) is 18.2 Å². The van der Waals surface area contributed by atoms with Crippen LogP contribution in [0.4, 0.5) is 10.5 Å². The number of hydrogen-bond donors (Lipinski definition) is 4. The van der Waals surface area contributed by atoms with Gasteiger partial charge in [0.25, 0.3) is 5.91 Å². The molecule has 7 heteroatoms. The zero-order chi connectivity index (χ0) is 16.1. The number of carbonyl (C=O) groups excluding carboxylic acids is 2. The van der Waals surface area contributed by atoms with Crippen molar-refractivity contribution >= 4 is 17.6 Å². The van der Waals surface area contributed by atoms with Gasteiger partial charge in [-0.2, -0.15) is 0 Å². The Morgan fingerprint density at radius 2 is 2.18 bits per heavy atom. The monoisotopic (exact) mass is 306 g/mol. The Morgan fingerprint density at radius 3 is 2.86 bits per heavy atom. The van der Waals surface area contributed by atoms with E-state index in [-0.39, 0.29) is 29.3 Å². The number of nitrogens with zero attached hydrogens (tertiary/aromatic N) is 1. The zero-order valence-corrected chi connectivity index (χ0v) is 12.8. The average molecular weight is 306 g/mol. The van der Waals surface area contributed by atoms with Crippen molar-refractivity contribution in [1.29, 1.82) is 0 Å². The maximum absolute atomic E-state index is 12.5. The van der Waals surface area contributed by atoms with Crippen molar-refractivity contribution in [3.63, 3.8) is 0 Å². The largest absolute Gasteiger partial charge is 0.505 e. The number of benzene rings is 1. The van der Waals surface area contributed by atoms with Crippen LogP contribution in [-0.2, 0) is 0 Å². The maximum Gasteiger partial charge on any atom is 0.315 e. The number of hydrogen-bond acceptors (Lipinski definition) is 4. The minimum Gasteiger partial charge on any atom is -0.505 e. The minimum atomic E-state index is -0.227. The summed E-state index contributed by atoms with van der Waals surface area (Å²) < 4.78 is 0. The first-order valence-electron chi connectivity index (χ1n) is 7.40. The molecule has 2 rings (SSSR count). The molecule has 3 amide bonds. The van der Waals surface area contributed by atoms with Gasteiger partial charge < -0.3 is 26.0 Å². The number of aromatic hydroxyl groups is 1. The van der Waals surface area contributed by atoms with Gasteiger partial charge in [0.1, 0.15) is 0 Å². The Morgan fingerprint density at radius 1 is 1.41 bits per heavy atom. The fourth-order valence-electron chi connectivity index (χ4n) is 2.55. The number of anilines is 1. The van der Waals surface area contributed by atoms with Crippen LogP contribution < -0.4 is 16.0 Å². The summed E-state index contributed by atoms with van der Waals surface area (Å²) in [5.41, 5.74) is 0.785. The Balaban J connectivity index is 2.02. The summed E-state index contributed by atoms with van der Waals surface area (Å²) in [4.78, 5) is 25.7. The summed E-state index contributed by atoms with van der Waals surface area (Å²) in [5, 5.41) is 18.5. The first-order valence-corrected chi connectivity index (χ1v) is 7.40. The van der Waals surface area contributed by atoms with E-state index < -0.39 is 0 Å². The second-order valence-electron chi connectivity index (χ2n) is 5.19. The quantitative estimate of drug-likeness (QED) is 0.624. The van der Waals surface area contributed by atoms with Gasteiger partial charge in [-0.15, -0.1) is 0 Å². The highest BCUT2D eigenvalue weighted by Crippen LogP contribution is 2.28. The predicted octanol–water partition coefficient (Wildman–Crippen LogP) is 0.967. The Bertz CT molecular complexity index is 562. The van der Waals surface area contributed by atoms with E-state index in [4.69, 9.17) is 0 Å². The van der Waals surface area contributed by atoms with Crippen LogP contribution in [0.1, 0.15) is 23.7 Å². The average Bonchev–Trinajstić information content (AvgIpc) is 2.95. The van der Waals surface area contributed by atoms with Crippen LogP contribution in [0.25, 0.3) is 0 Å². The molecule has 0 aliphatic carbocycles. The van der Waals surface area contributed by atoms with E-state index in [0.29, 0.717) is 31.7 Å². The van der Waals surface area contributed by atoms with Crippen LogP contribution in [-0.4, -0.2) is 54.7 Å². The van der Waals surface area contributed by atoms with E-state index in [9.17, 15) is 14.7 Å². The van der Waals surface area contributed by atoms with Gasteiger partial charge in [0.15, 0.2) is 5.75 Å². The molecule has 0 spiro atoms. The van der Waals surface area contributed by atoms with Crippen LogP contribution in [0.2, 0.25) is 0 Å². The van der Waals surface area contributed by atoms with Crippen LogP contribution in [0, 0.1) is 0 Å². The van der Waals surface area contributed by atoms with Crippen LogP contribution in [0.5, 0.6) is 5.75 Å². The van der Waals surface area contributed by atoms with Crippen molar-refractivity contribution in [1.82, 2.24) is 15.5 Å². The fourth-order valence-corrected chi connectivity index (χ4v) is 2.55. The molecule has 1 aliphatic rings. The normalized spacial score (nSPS) is 17.2.